The number of nitrogens with zero attached hydrogens (tertiary/aromatic N) is 1. The second-order valence-corrected chi connectivity index (χ2v) is 8.97. The largest absolute Gasteiger partial charge is 0.480 e. The van der Waals surface area contributed by atoms with Crippen LogP contribution < -0.4 is 5.32 Å². The van der Waals surface area contributed by atoms with Crippen LogP contribution in [0.15, 0.2) is 0 Å². The third-order valence-electron chi connectivity index (χ3n) is 5.39. The minimum Gasteiger partial charge on any atom is -0.480 e. The van der Waals surface area contributed by atoms with Crippen molar-refractivity contribution < 1.29 is 28.3 Å². The van der Waals surface area contributed by atoms with Crippen molar-refractivity contribution in [3.63, 3.8) is 0 Å². The molecule has 2 fully saturated rings. The molecule has 4 atom stereocenters. The van der Waals surface area contributed by atoms with Crippen molar-refractivity contribution >= 4 is 29.4 Å². The number of hydrogen-bond donors (Lipinski definition) is 2. The molecule has 2 rings (SSSR count). The number of likely N-dealkylation sites (tertiary alicyclic amines) is 1. The molecule has 1 aliphatic carbocycles. The minimum atomic E-state index is -4.15. The van der Waals surface area contributed by atoms with Crippen molar-refractivity contribution in [2.24, 2.45) is 22.7 Å². The lowest BCUT2D eigenvalue weighted by Gasteiger charge is -2.37. The Balaban J connectivity index is 2.26. The Bertz CT molecular complexity index is 612. The highest BCUT2D eigenvalue weighted by Crippen LogP contribution is 2.65. The quantitative estimate of drug-likeness (QED) is 0.729. The number of carbonyl (C=O) groups is 3. The number of halogens is 3. The van der Waals surface area contributed by atoms with Crippen LogP contribution in [-0.4, -0.2) is 51.8 Å². The molecule has 1 saturated carbocycles. The van der Waals surface area contributed by atoms with Crippen LogP contribution in [0.25, 0.3) is 0 Å². The molecule has 1 heterocycles. The predicted octanol–water partition coefficient (Wildman–Crippen LogP) is 1.92. The van der Waals surface area contributed by atoms with Crippen LogP contribution in [0.2, 0.25) is 0 Å². The molecule has 0 radical (unpaired) electrons. The molecule has 2 aliphatic rings. The van der Waals surface area contributed by atoms with Crippen LogP contribution in [0.4, 0.5) is 8.78 Å². The Morgan fingerprint density at radius 2 is 1.80 bits per heavy atom. The fourth-order valence-electron chi connectivity index (χ4n) is 3.82. The van der Waals surface area contributed by atoms with Gasteiger partial charge in [-0.1, -0.05) is 34.6 Å². The van der Waals surface area contributed by atoms with E-state index in [-0.39, 0.29) is 23.8 Å². The van der Waals surface area contributed by atoms with E-state index in [0.717, 1.165) is 0 Å². The third-order valence-corrected chi connectivity index (χ3v) is 5.56. The van der Waals surface area contributed by atoms with Gasteiger partial charge in [-0.05, 0) is 28.3 Å². The molecule has 0 aromatic carbocycles. The molecular formula is C16H23ClF2N2O4. The van der Waals surface area contributed by atoms with Crippen molar-refractivity contribution in [2.45, 2.75) is 52.1 Å². The van der Waals surface area contributed by atoms with E-state index in [1.54, 1.807) is 20.8 Å². The van der Waals surface area contributed by atoms with Crippen molar-refractivity contribution in [1.82, 2.24) is 10.2 Å². The van der Waals surface area contributed by atoms with Gasteiger partial charge in [0, 0.05) is 12.5 Å². The summed E-state index contributed by atoms with van der Waals surface area (Å²) in [6.45, 7) is 8.90. The van der Waals surface area contributed by atoms with Crippen molar-refractivity contribution in [1.29, 1.82) is 0 Å². The molecule has 0 spiro atoms. The molecule has 1 aliphatic heterocycles. The van der Waals surface area contributed by atoms with Crippen LogP contribution in [0.5, 0.6) is 0 Å². The van der Waals surface area contributed by atoms with E-state index in [0.29, 0.717) is 0 Å². The van der Waals surface area contributed by atoms with Gasteiger partial charge in [0.1, 0.15) is 12.1 Å². The molecule has 0 aromatic rings. The number of hydrogen-bond acceptors (Lipinski definition) is 3. The topological polar surface area (TPSA) is 86.7 Å². The summed E-state index contributed by atoms with van der Waals surface area (Å²) in [6, 6.07) is -2.34. The summed E-state index contributed by atoms with van der Waals surface area (Å²) in [6.07, 6.45) is 0. The van der Waals surface area contributed by atoms with Crippen LogP contribution in [-0.2, 0) is 14.4 Å². The Morgan fingerprint density at radius 3 is 2.20 bits per heavy atom. The number of amides is 2. The molecule has 25 heavy (non-hydrogen) atoms. The lowest BCUT2D eigenvalue weighted by atomic mass is 9.85. The summed E-state index contributed by atoms with van der Waals surface area (Å²) < 4.78 is 26.0. The van der Waals surface area contributed by atoms with E-state index >= 15 is 0 Å². The average molecular weight is 381 g/mol. The number of aliphatic carboxylic acids is 1. The Kier molecular flexibility index (Phi) is 4.60. The van der Waals surface area contributed by atoms with Crippen molar-refractivity contribution in [3.8, 4) is 0 Å². The van der Waals surface area contributed by atoms with Gasteiger partial charge in [0.05, 0.1) is 0 Å². The number of carboxylic acid groups (broad SMARTS) is 1. The van der Waals surface area contributed by atoms with Gasteiger partial charge in [0.25, 0.3) is 0 Å². The Labute approximate surface area is 149 Å². The van der Waals surface area contributed by atoms with Gasteiger partial charge in [0.15, 0.2) is 0 Å². The van der Waals surface area contributed by atoms with Crippen LogP contribution in [0.1, 0.15) is 34.6 Å². The van der Waals surface area contributed by atoms with Crippen molar-refractivity contribution in [2.75, 3.05) is 6.54 Å². The summed E-state index contributed by atoms with van der Waals surface area (Å²) in [5.74, 6) is -3.73. The normalized spacial score (nSPS) is 29.0. The number of rotatable bonds is 4. The fraction of sp³-hybridized carbons (Fsp3) is 0.812. The summed E-state index contributed by atoms with van der Waals surface area (Å²) in [5.41, 5.74) is -1.08. The summed E-state index contributed by atoms with van der Waals surface area (Å²) in [7, 11) is 0. The van der Waals surface area contributed by atoms with Crippen LogP contribution >= 0.6 is 11.6 Å². The maximum Gasteiger partial charge on any atom is 0.399 e. The highest BCUT2D eigenvalue weighted by molar-refractivity contribution is 6.32. The molecule has 0 bridgehead atoms. The maximum absolute atomic E-state index is 13.0. The molecule has 0 aromatic heterocycles. The molecular weight excluding hydrogens is 358 g/mol. The predicted molar refractivity (Wildman–Crippen MR) is 86.1 cm³/mol. The Hall–Kier alpha value is -1.44. The Morgan fingerprint density at radius 1 is 1.28 bits per heavy atom. The van der Waals surface area contributed by atoms with E-state index in [9.17, 15) is 28.3 Å². The van der Waals surface area contributed by atoms with Gasteiger partial charge in [-0.2, -0.15) is 8.78 Å². The molecule has 2 N–H and O–H groups in total. The van der Waals surface area contributed by atoms with Gasteiger partial charge >= 0.3 is 17.3 Å². The number of nitrogens with one attached hydrogen (secondary N) is 1. The first kappa shape index (κ1) is 19.9. The molecule has 1 saturated heterocycles. The lowest BCUT2D eigenvalue weighted by Crippen LogP contribution is -2.59. The molecule has 1 unspecified atom stereocenters. The van der Waals surface area contributed by atoms with Gasteiger partial charge in [-0.15, -0.1) is 0 Å². The maximum atomic E-state index is 13.0. The van der Waals surface area contributed by atoms with E-state index in [2.05, 4.69) is 0 Å². The number of fused-ring (bicyclic) bond motifs is 1. The first-order valence-corrected chi connectivity index (χ1v) is 8.39. The van der Waals surface area contributed by atoms with Gasteiger partial charge < -0.3 is 15.3 Å². The molecule has 6 nitrogen and oxygen atoms in total. The monoisotopic (exact) mass is 380 g/mol. The SMILES string of the molecule is CC(C)(C)[C@H](NC(=O)C(F)(F)Cl)C(=O)N1C[C@H]2[C@@H](C1C(=O)O)C2(C)C. The number of carboxylic acids is 1. The molecule has 142 valence electrons. The number of alkyl halides is 3. The minimum absolute atomic E-state index is 0.0448. The standard InChI is InChI=1S/C16H23ClF2N2O4/c1-14(2,3)10(20-13(25)16(17,18)19)11(22)21-6-7-8(15(7,4)5)9(21)12(23)24/h7-10H,6H2,1-5H3,(H,20,25)(H,23,24)/t7-,8-,9?,10+/m0/s1. The van der Waals surface area contributed by atoms with E-state index in [4.69, 9.17) is 11.6 Å². The van der Waals surface area contributed by atoms with Gasteiger partial charge in [0.2, 0.25) is 5.91 Å². The highest BCUT2D eigenvalue weighted by atomic mass is 35.5. The second-order valence-electron chi connectivity index (χ2n) is 8.50. The fourth-order valence-corrected chi connectivity index (χ4v) is 3.88. The summed E-state index contributed by atoms with van der Waals surface area (Å²) >= 11 is 4.72. The second kappa shape index (κ2) is 5.79. The lowest BCUT2D eigenvalue weighted by molar-refractivity contribution is -0.153. The van der Waals surface area contributed by atoms with Gasteiger partial charge in [-0.25, -0.2) is 4.79 Å². The van der Waals surface area contributed by atoms with Crippen molar-refractivity contribution in [3.05, 3.63) is 0 Å². The average Bonchev–Trinajstić information content (AvgIpc) is 2.82. The first-order valence-electron chi connectivity index (χ1n) is 8.01. The number of piperidine rings is 1. The summed E-state index contributed by atoms with van der Waals surface area (Å²) in [5, 5.41) is 7.37. The van der Waals surface area contributed by atoms with Gasteiger partial charge in [-0.3, -0.25) is 9.59 Å². The van der Waals surface area contributed by atoms with E-state index in [1.807, 2.05) is 19.2 Å². The number of carbonyl (C=O) groups excluding carboxylic acids is 2. The third kappa shape index (κ3) is 3.45. The summed E-state index contributed by atoms with van der Waals surface area (Å²) in [4.78, 5) is 37.3. The molecule has 2 amide bonds. The molecule has 9 heteroatoms. The van der Waals surface area contributed by atoms with E-state index < -0.39 is 40.7 Å². The zero-order chi connectivity index (χ0) is 19.5. The zero-order valence-electron chi connectivity index (χ0n) is 14.8. The first-order chi connectivity index (χ1) is 11.1. The van der Waals surface area contributed by atoms with E-state index in [1.165, 1.54) is 4.90 Å². The zero-order valence-corrected chi connectivity index (χ0v) is 15.5. The van der Waals surface area contributed by atoms with Crippen LogP contribution in [0, 0.1) is 22.7 Å². The highest BCUT2D eigenvalue weighted by Gasteiger charge is 2.70. The smallest absolute Gasteiger partial charge is 0.399 e. The van der Waals surface area contributed by atoms with Crippen LogP contribution in [0.3, 0.4) is 0 Å².